The molecule has 1 fully saturated rings. The first-order valence-electron chi connectivity index (χ1n) is 18.6. The number of anilines is 2. The number of imide groups is 1. The predicted octanol–water partition coefficient (Wildman–Crippen LogP) is 7.53. The van der Waals surface area contributed by atoms with Crippen molar-refractivity contribution in [1.82, 2.24) is 19.5 Å². The smallest absolute Gasteiger partial charge is 0.425 e. The van der Waals surface area contributed by atoms with Gasteiger partial charge >= 0.3 is 24.2 Å². The Hall–Kier alpha value is -4.94. The Morgan fingerprint density at radius 2 is 1.55 bits per heavy atom. The van der Waals surface area contributed by atoms with E-state index in [1.54, 1.807) is 100 Å². The SMILES string of the molecule is CCOC(=O)C(Cc1cccc(NC(=O)OC(C)(C)C)c1)(OC[C@H]1O[C@@H](n2cnc3c(N(C(=O)OC(C)(C)C)C(=O)OC(C)(C)C)nc(Cl)nc32)[C@@H](F)[C@@H]1C)C(C)=O. The van der Waals surface area contributed by atoms with Crippen molar-refractivity contribution in [3.05, 3.63) is 41.4 Å². The fourth-order valence-electron chi connectivity index (χ4n) is 5.83. The summed E-state index contributed by atoms with van der Waals surface area (Å²) in [5, 5.41) is 2.21. The Morgan fingerprint density at radius 3 is 2.10 bits per heavy atom. The lowest BCUT2D eigenvalue weighted by Gasteiger charge is -2.31. The first kappa shape index (κ1) is 45.8. The molecular weight excluding hydrogens is 783 g/mol. The summed E-state index contributed by atoms with van der Waals surface area (Å²) in [6.45, 7) is 18.6. The van der Waals surface area contributed by atoms with Crippen LogP contribution in [0.4, 0.5) is 30.3 Å². The first-order chi connectivity index (χ1) is 26.7. The number of nitrogens with one attached hydrogen (secondary N) is 1. The van der Waals surface area contributed by atoms with Crippen LogP contribution in [0.2, 0.25) is 5.28 Å². The maximum absolute atomic E-state index is 16.3. The van der Waals surface area contributed by atoms with E-state index in [4.69, 9.17) is 40.0 Å². The molecule has 0 bridgehead atoms. The van der Waals surface area contributed by atoms with Crippen LogP contribution >= 0.6 is 11.6 Å². The van der Waals surface area contributed by atoms with E-state index in [2.05, 4.69) is 20.3 Å². The van der Waals surface area contributed by atoms with Crippen LogP contribution < -0.4 is 10.2 Å². The van der Waals surface area contributed by atoms with Crippen molar-refractivity contribution in [3.63, 3.8) is 0 Å². The highest BCUT2D eigenvalue weighted by atomic mass is 35.5. The maximum Gasteiger partial charge on any atom is 0.425 e. The van der Waals surface area contributed by atoms with Crippen LogP contribution in [0, 0.1) is 5.92 Å². The summed E-state index contributed by atoms with van der Waals surface area (Å²) >= 11 is 6.33. The average Bonchev–Trinajstić information content (AvgIpc) is 3.60. The van der Waals surface area contributed by atoms with Gasteiger partial charge in [-0.25, -0.2) is 28.6 Å². The number of hydrogen-bond donors (Lipinski definition) is 1. The van der Waals surface area contributed by atoms with Gasteiger partial charge in [0, 0.05) is 18.0 Å². The minimum absolute atomic E-state index is 0.0676. The molecule has 1 N–H and O–H groups in total. The van der Waals surface area contributed by atoms with Crippen molar-refractivity contribution < 1.29 is 56.8 Å². The number of aromatic nitrogens is 4. The van der Waals surface area contributed by atoms with Crippen molar-refractivity contribution in [3.8, 4) is 0 Å². The van der Waals surface area contributed by atoms with Crippen LogP contribution in [0.15, 0.2) is 30.6 Å². The number of ether oxygens (including phenoxy) is 6. The van der Waals surface area contributed by atoms with E-state index < -0.39 is 88.7 Å². The zero-order valence-electron chi connectivity index (χ0n) is 34.8. The third kappa shape index (κ3) is 11.2. The highest BCUT2D eigenvalue weighted by Crippen LogP contribution is 2.40. The van der Waals surface area contributed by atoms with Gasteiger partial charge in [0.15, 0.2) is 35.2 Å². The second-order valence-corrected chi connectivity index (χ2v) is 17.1. The number of alkyl halides is 1. The minimum atomic E-state index is -2.18. The third-order valence-corrected chi connectivity index (χ3v) is 8.55. The van der Waals surface area contributed by atoms with Crippen molar-refractivity contribution >= 4 is 64.3 Å². The van der Waals surface area contributed by atoms with Crippen molar-refractivity contribution in [1.29, 1.82) is 0 Å². The Morgan fingerprint density at radius 1 is 0.948 bits per heavy atom. The summed E-state index contributed by atoms with van der Waals surface area (Å²) in [5.41, 5.74) is -4.46. The van der Waals surface area contributed by atoms with E-state index in [1.807, 2.05) is 0 Å². The molecule has 0 spiro atoms. The monoisotopic (exact) mass is 834 g/mol. The lowest BCUT2D eigenvalue weighted by atomic mass is 9.90. The number of fused-ring (bicyclic) bond motifs is 1. The van der Waals surface area contributed by atoms with Gasteiger partial charge in [-0.2, -0.15) is 14.9 Å². The number of Topliss-reactive ketones (excluding diaryl/α,β-unsaturated/α-hetero) is 1. The topological polar surface area (TPSA) is 200 Å². The lowest BCUT2D eigenvalue weighted by Crippen LogP contribution is -2.52. The summed E-state index contributed by atoms with van der Waals surface area (Å²) in [7, 11) is 0. The van der Waals surface area contributed by atoms with Crippen LogP contribution in [0.1, 0.15) is 94.9 Å². The number of benzene rings is 1. The van der Waals surface area contributed by atoms with Crippen LogP contribution in [-0.2, 0) is 44.4 Å². The number of amides is 3. The van der Waals surface area contributed by atoms with Gasteiger partial charge in [0.25, 0.3) is 0 Å². The van der Waals surface area contributed by atoms with E-state index >= 15 is 4.39 Å². The van der Waals surface area contributed by atoms with Gasteiger partial charge in [-0.1, -0.05) is 19.1 Å². The second kappa shape index (κ2) is 17.5. The van der Waals surface area contributed by atoms with E-state index in [1.165, 1.54) is 17.8 Å². The number of esters is 1. The summed E-state index contributed by atoms with van der Waals surface area (Å²) in [4.78, 5) is 79.4. The number of hydrogen-bond acceptors (Lipinski definition) is 14. The average molecular weight is 835 g/mol. The Labute approximate surface area is 341 Å². The van der Waals surface area contributed by atoms with Crippen LogP contribution in [0.25, 0.3) is 11.2 Å². The molecule has 0 radical (unpaired) electrons. The van der Waals surface area contributed by atoms with Gasteiger partial charge in [0.1, 0.15) is 16.8 Å². The van der Waals surface area contributed by atoms with Gasteiger partial charge in [-0.05, 0) is 105 Å². The minimum Gasteiger partial charge on any atom is -0.463 e. The highest BCUT2D eigenvalue weighted by Gasteiger charge is 2.50. The summed E-state index contributed by atoms with van der Waals surface area (Å²) in [5.74, 6) is -2.92. The zero-order valence-corrected chi connectivity index (χ0v) is 35.6. The van der Waals surface area contributed by atoms with Crippen molar-refractivity contribution in [2.24, 2.45) is 5.92 Å². The summed E-state index contributed by atoms with van der Waals surface area (Å²) in [6, 6.07) is 6.43. The van der Waals surface area contributed by atoms with E-state index in [0.717, 1.165) is 0 Å². The Kier molecular flexibility index (Phi) is 13.8. The van der Waals surface area contributed by atoms with Crippen LogP contribution in [0.5, 0.6) is 0 Å². The predicted molar refractivity (Wildman–Crippen MR) is 209 cm³/mol. The molecular formula is C39H52ClFN6O11. The molecule has 1 aromatic carbocycles. The molecule has 3 amide bonds. The molecule has 1 aliphatic rings. The molecule has 1 saturated heterocycles. The lowest BCUT2D eigenvalue weighted by molar-refractivity contribution is -0.182. The Balaban J connectivity index is 1.66. The third-order valence-electron chi connectivity index (χ3n) is 8.38. The highest BCUT2D eigenvalue weighted by molar-refractivity contribution is 6.29. The number of nitrogens with zero attached hydrogens (tertiary/aromatic N) is 5. The molecule has 3 aromatic rings. The van der Waals surface area contributed by atoms with Gasteiger partial charge in [0.2, 0.25) is 10.9 Å². The molecule has 1 aliphatic heterocycles. The molecule has 2 aromatic heterocycles. The number of halogens is 2. The molecule has 3 heterocycles. The van der Waals surface area contributed by atoms with E-state index in [-0.39, 0.29) is 30.0 Å². The Bertz CT molecular complexity index is 2000. The van der Waals surface area contributed by atoms with Crippen LogP contribution in [-0.4, -0.2) is 97.4 Å². The number of ketones is 1. The molecule has 318 valence electrons. The molecule has 5 atom stereocenters. The summed E-state index contributed by atoms with van der Waals surface area (Å²) < 4.78 is 51.4. The number of carbonyl (C=O) groups is 5. The molecule has 0 aliphatic carbocycles. The zero-order chi connectivity index (χ0) is 43.5. The van der Waals surface area contributed by atoms with Gasteiger partial charge in [-0.15, -0.1) is 0 Å². The van der Waals surface area contributed by atoms with Gasteiger partial charge in [0.05, 0.1) is 25.6 Å². The largest absolute Gasteiger partial charge is 0.463 e. The summed E-state index contributed by atoms with van der Waals surface area (Å²) in [6.07, 6.45) is -6.28. The standard InChI is InChI=1S/C39H52ClFN6O11/c1-13-53-31(49)39(22(3)48,18-23-15-14-16-24(17-23)43-33(50)56-36(4,5)6)54-19-25-21(2)26(41)30(55-25)46-20-42-27-28(46)44-32(40)45-29(27)47(34(51)57-37(7,8)9)35(52)58-38(10,11)12/h14-17,20-21,25-26,30H,13,18-19H2,1-12H3,(H,43,50)/t21-,25-,26+,30-,39?/m1/s1. The molecule has 58 heavy (non-hydrogen) atoms. The number of rotatable bonds is 11. The fourth-order valence-corrected chi connectivity index (χ4v) is 5.99. The fraction of sp³-hybridized carbons (Fsp3) is 0.590. The van der Waals surface area contributed by atoms with Gasteiger partial charge < -0.3 is 28.4 Å². The van der Waals surface area contributed by atoms with Gasteiger partial charge in [-0.3, -0.25) is 14.7 Å². The van der Waals surface area contributed by atoms with E-state index in [0.29, 0.717) is 16.2 Å². The normalized spacial score (nSPS) is 19.6. The quantitative estimate of drug-likeness (QED) is 0.0860. The molecule has 4 rings (SSSR count). The van der Waals surface area contributed by atoms with E-state index in [9.17, 15) is 24.0 Å². The molecule has 0 saturated carbocycles. The molecule has 1 unspecified atom stereocenters. The number of imidazole rings is 1. The van der Waals surface area contributed by atoms with Crippen LogP contribution in [0.3, 0.4) is 0 Å². The second-order valence-electron chi connectivity index (χ2n) is 16.7. The maximum atomic E-state index is 16.3. The number of carbonyl (C=O) groups excluding carboxylic acids is 5. The van der Waals surface area contributed by atoms with Crippen molar-refractivity contribution in [2.75, 3.05) is 23.4 Å². The van der Waals surface area contributed by atoms with Crippen molar-refractivity contribution in [2.45, 2.75) is 130 Å². The molecule has 19 heteroatoms. The first-order valence-corrected chi connectivity index (χ1v) is 19.0. The molecule has 17 nitrogen and oxygen atoms in total.